The SMILES string of the molecule is C[C@H](NC(=O)c1cccc(C(F)(F)F)c1)C(=O)N[C@@H](C)C(=O)Nc1ccc([N+](=O)[O-])cc1. The first-order valence-corrected chi connectivity index (χ1v) is 9.22. The number of nitrogens with zero attached hydrogens (tertiary/aromatic N) is 1. The number of hydrogen-bond donors (Lipinski definition) is 3. The molecule has 9 nitrogen and oxygen atoms in total. The van der Waals surface area contributed by atoms with Gasteiger partial charge in [0.05, 0.1) is 10.5 Å². The molecular weight excluding hydrogens is 433 g/mol. The van der Waals surface area contributed by atoms with E-state index in [0.717, 1.165) is 12.1 Å². The second-order valence-corrected chi connectivity index (χ2v) is 6.80. The molecule has 0 aliphatic carbocycles. The second-order valence-electron chi connectivity index (χ2n) is 6.80. The zero-order valence-electron chi connectivity index (χ0n) is 16.9. The van der Waals surface area contributed by atoms with Gasteiger partial charge >= 0.3 is 6.18 Å². The van der Waals surface area contributed by atoms with Gasteiger partial charge in [-0.2, -0.15) is 13.2 Å². The standard InChI is InChI=1S/C20H19F3N4O5/c1-11(25-19(30)13-4-3-5-14(10-13)20(21,22)23)17(28)24-12(2)18(29)26-15-6-8-16(9-7-15)27(31)32/h3-12H,1-2H3,(H,24,28)(H,25,30)(H,26,29)/t11-,12-/m0/s1. The van der Waals surface area contributed by atoms with Crippen LogP contribution in [0, 0.1) is 10.1 Å². The van der Waals surface area contributed by atoms with Crippen molar-refractivity contribution in [3.8, 4) is 0 Å². The summed E-state index contributed by atoms with van der Waals surface area (Å²) >= 11 is 0. The van der Waals surface area contributed by atoms with Gasteiger partial charge in [-0.25, -0.2) is 0 Å². The molecule has 0 aliphatic rings. The molecule has 0 aromatic heterocycles. The quantitative estimate of drug-likeness (QED) is 0.439. The maximum atomic E-state index is 12.8. The second kappa shape index (κ2) is 9.90. The third-order valence-electron chi connectivity index (χ3n) is 4.29. The Bertz CT molecular complexity index is 1020. The van der Waals surface area contributed by atoms with Crippen molar-refractivity contribution in [2.24, 2.45) is 0 Å². The van der Waals surface area contributed by atoms with Crippen LogP contribution in [0.4, 0.5) is 24.5 Å². The third-order valence-corrected chi connectivity index (χ3v) is 4.29. The predicted octanol–water partition coefficient (Wildman–Crippen LogP) is 2.88. The zero-order chi connectivity index (χ0) is 24.1. The number of rotatable bonds is 7. The van der Waals surface area contributed by atoms with Crippen LogP contribution < -0.4 is 16.0 Å². The van der Waals surface area contributed by atoms with Gasteiger partial charge in [0.15, 0.2) is 0 Å². The van der Waals surface area contributed by atoms with Crippen molar-refractivity contribution in [1.82, 2.24) is 10.6 Å². The number of anilines is 1. The van der Waals surface area contributed by atoms with Gasteiger partial charge in [0.2, 0.25) is 11.8 Å². The van der Waals surface area contributed by atoms with E-state index in [4.69, 9.17) is 0 Å². The molecule has 3 amide bonds. The molecule has 170 valence electrons. The number of nitro benzene ring substituents is 1. The fourth-order valence-electron chi connectivity index (χ4n) is 2.50. The lowest BCUT2D eigenvalue weighted by molar-refractivity contribution is -0.384. The molecule has 0 fully saturated rings. The zero-order valence-corrected chi connectivity index (χ0v) is 16.9. The highest BCUT2D eigenvalue weighted by atomic mass is 19.4. The lowest BCUT2D eigenvalue weighted by atomic mass is 10.1. The fourth-order valence-corrected chi connectivity index (χ4v) is 2.50. The minimum absolute atomic E-state index is 0.158. The van der Waals surface area contributed by atoms with Crippen molar-refractivity contribution < 1.29 is 32.5 Å². The van der Waals surface area contributed by atoms with Gasteiger partial charge in [0.25, 0.3) is 11.6 Å². The highest BCUT2D eigenvalue weighted by Gasteiger charge is 2.31. The Morgan fingerprint density at radius 2 is 1.53 bits per heavy atom. The van der Waals surface area contributed by atoms with Crippen LogP contribution in [0.1, 0.15) is 29.8 Å². The Labute approximate surface area is 180 Å². The van der Waals surface area contributed by atoms with Crippen LogP contribution >= 0.6 is 0 Å². The van der Waals surface area contributed by atoms with Gasteiger partial charge in [-0.3, -0.25) is 24.5 Å². The van der Waals surface area contributed by atoms with E-state index in [1.54, 1.807) is 0 Å². The molecule has 12 heteroatoms. The highest BCUT2D eigenvalue weighted by Crippen LogP contribution is 2.29. The minimum Gasteiger partial charge on any atom is -0.343 e. The Morgan fingerprint density at radius 3 is 2.09 bits per heavy atom. The van der Waals surface area contributed by atoms with Gasteiger partial charge in [-0.05, 0) is 44.2 Å². The monoisotopic (exact) mass is 452 g/mol. The van der Waals surface area contributed by atoms with Gasteiger partial charge in [0, 0.05) is 23.4 Å². The minimum atomic E-state index is -4.62. The van der Waals surface area contributed by atoms with Gasteiger partial charge in [-0.15, -0.1) is 0 Å². The Hall–Kier alpha value is -3.96. The number of hydrogen-bond acceptors (Lipinski definition) is 5. The smallest absolute Gasteiger partial charge is 0.343 e. The first-order valence-electron chi connectivity index (χ1n) is 9.22. The summed E-state index contributed by atoms with van der Waals surface area (Å²) in [6.07, 6.45) is -4.62. The van der Waals surface area contributed by atoms with Crippen molar-refractivity contribution in [2.75, 3.05) is 5.32 Å². The molecule has 0 spiro atoms. The van der Waals surface area contributed by atoms with Crippen molar-refractivity contribution in [3.05, 3.63) is 69.8 Å². The summed E-state index contributed by atoms with van der Waals surface area (Å²) < 4.78 is 38.4. The van der Waals surface area contributed by atoms with Crippen LogP contribution in [0.5, 0.6) is 0 Å². The number of carbonyl (C=O) groups excluding carboxylic acids is 3. The number of benzene rings is 2. The molecule has 2 atom stereocenters. The largest absolute Gasteiger partial charge is 0.416 e. The highest BCUT2D eigenvalue weighted by molar-refractivity contribution is 6.00. The molecular formula is C20H19F3N4O5. The summed E-state index contributed by atoms with van der Waals surface area (Å²) in [6.45, 7) is 2.68. The van der Waals surface area contributed by atoms with E-state index in [1.807, 2.05) is 0 Å². The van der Waals surface area contributed by atoms with Crippen molar-refractivity contribution in [2.45, 2.75) is 32.1 Å². The van der Waals surface area contributed by atoms with Crippen molar-refractivity contribution in [3.63, 3.8) is 0 Å². The van der Waals surface area contributed by atoms with Crippen molar-refractivity contribution >= 4 is 29.1 Å². The molecule has 2 rings (SSSR count). The first kappa shape index (κ1) is 24.3. The van der Waals surface area contributed by atoms with E-state index in [-0.39, 0.29) is 16.9 Å². The fraction of sp³-hybridized carbons (Fsp3) is 0.250. The summed E-state index contributed by atoms with van der Waals surface area (Å²) in [5.41, 5.74) is -1.16. The summed E-state index contributed by atoms with van der Waals surface area (Å²) in [4.78, 5) is 46.7. The first-order chi connectivity index (χ1) is 14.9. The normalized spacial score (nSPS) is 12.9. The van der Waals surface area contributed by atoms with E-state index in [2.05, 4.69) is 16.0 Å². The molecule has 0 saturated carbocycles. The predicted molar refractivity (Wildman–Crippen MR) is 108 cm³/mol. The maximum absolute atomic E-state index is 12.8. The van der Waals surface area contributed by atoms with E-state index < -0.39 is 46.5 Å². The van der Waals surface area contributed by atoms with Crippen molar-refractivity contribution in [1.29, 1.82) is 0 Å². The summed E-state index contributed by atoms with van der Waals surface area (Å²) in [6, 6.07) is 6.60. The van der Waals surface area contributed by atoms with Gasteiger partial charge in [-0.1, -0.05) is 6.07 Å². The van der Waals surface area contributed by atoms with Crippen LogP contribution in [0.2, 0.25) is 0 Å². The maximum Gasteiger partial charge on any atom is 0.416 e. The average molecular weight is 452 g/mol. The van der Waals surface area contributed by atoms with E-state index in [1.165, 1.54) is 44.2 Å². The number of carbonyl (C=O) groups is 3. The number of alkyl halides is 3. The molecule has 3 N–H and O–H groups in total. The molecule has 0 saturated heterocycles. The van der Waals surface area contributed by atoms with E-state index in [9.17, 15) is 37.7 Å². The van der Waals surface area contributed by atoms with Gasteiger partial charge in [0.1, 0.15) is 12.1 Å². The van der Waals surface area contributed by atoms with Crippen LogP contribution in [0.25, 0.3) is 0 Å². The Balaban J connectivity index is 1.92. The Kier molecular flexibility index (Phi) is 7.52. The van der Waals surface area contributed by atoms with Crippen LogP contribution in [-0.4, -0.2) is 34.7 Å². The molecule has 0 radical (unpaired) electrons. The molecule has 0 heterocycles. The average Bonchev–Trinajstić information content (AvgIpc) is 2.73. The molecule has 0 bridgehead atoms. The topological polar surface area (TPSA) is 130 Å². The summed E-state index contributed by atoms with van der Waals surface area (Å²) in [7, 11) is 0. The third kappa shape index (κ3) is 6.52. The van der Waals surface area contributed by atoms with Crippen LogP contribution in [-0.2, 0) is 15.8 Å². The molecule has 32 heavy (non-hydrogen) atoms. The number of halogens is 3. The summed E-state index contributed by atoms with van der Waals surface area (Å²) in [5, 5.41) is 17.8. The van der Waals surface area contributed by atoms with Crippen LogP contribution in [0.15, 0.2) is 48.5 Å². The number of amides is 3. The Morgan fingerprint density at radius 1 is 0.938 bits per heavy atom. The number of nitrogens with one attached hydrogen (secondary N) is 3. The van der Waals surface area contributed by atoms with Crippen LogP contribution in [0.3, 0.4) is 0 Å². The lowest BCUT2D eigenvalue weighted by Crippen LogP contribution is -2.50. The lowest BCUT2D eigenvalue weighted by Gasteiger charge is -2.18. The van der Waals surface area contributed by atoms with E-state index >= 15 is 0 Å². The molecule has 0 unspecified atom stereocenters. The van der Waals surface area contributed by atoms with Gasteiger partial charge < -0.3 is 16.0 Å². The number of nitro groups is 1. The molecule has 0 aliphatic heterocycles. The molecule has 2 aromatic carbocycles. The summed E-state index contributed by atoms with van der Waals surface area (Å²) in [5.74, 6) is -2.25. The van der Waals surface area contributed by atoms with E-state index in [0.29, 0.717) is 6.07 Å². The molecule has 2 aromatic rings. The number of non-ortho nitro benzene ring substituents is 1.